The second-order valence-electron chi connectivity index (χ2n) is 4.60. The van der Waals surface area contributed by atoms with E-state index in [2.05, 4.69) is 43.4 Å². The van der Waals surface area contributed by atoms with E-state index in [0.29, 0.717) is 0 Å². The Kier molecular flexibility index (Phi) is 4.61. The quantitative estimate of drug-likeness (QED) is 0.892. The van der Waals surface area contributed by atoms with Crippen LogP contribution >= 0.6 is 11.3 Å². The fourth-order valence-electron chi connectivity index (χ4n) is 2.29. The predicted octanol–water partition coefficient (Wildman–Crippen LogP) is 3.94. The van der Waals surface area contributed by atoms with Crippen molar-refractivity contribution >= 4 is 11.3 Å². The topological polar surface area (TPSA) is 21.3 Å². The van der Waals surface area contributed by atoms with Gasteiger partial charge in [-0.05, 0) is 55.8 Å². The second kappa shape index (κ2) is 6.22. The summed E-state index contributed by atoms with van der Waals surface area (Å²) in [4.78, 5) is 2.80. The van der Waals surface area contributed by atoms with Gasteiger partial charge in [-0.25, -0.2) is 0 Å². The molecule has 2 rings (SSSR count). The van der Waals surface area contributed by atoms with Gasteiger partial charge in [-0.1, -0.05) is 13.0 Å². The molecule has 0 radical (unpaired) electrons. The Morgan fingerprint density at radius 2 is 2.05 bits per heavy atom. The lowest BCUT2D eigenvalue weighted by Gasteiger charge is -2.18. The molecule has 0 aliphatic rings. The summed E-state index contributed by atoms with van der Waals surface area (Å²) in [5, 5.41) is 3.42. The molecule has 1 heterocycles. The number of benzene rings is 1. The molecule has 2 aromatic rings. The van der Waals surface area contributed by atoms with Crippen LogP contribution in [0.1, 0.15) is 33.8 Å². The summed E-state index contributed by atoms with van der Waals surface area (Å²) in [5.74, 6) is 0.913. The lowest BCUT2D eigenvalue weighted by molar-refractivity contribution is 0.414. The van der Waals surface area contributed by atoms with Crippen molar-refractivity contribution in [3.05, 3.63) is 51.2 Å². The van der Waals surface area contributed by atoms with Crippen LogP contribution in [0.4, 0.5) is 0 Å². The first kappa shape index (κ1) is 14.1. The minimum atomic E-state index is 0.260. The highest BCUT2D eigenvalue weighted by Gasteiger charge is 2.16. The zero-order valence-corrected chi connectivity index (χ0v) is 12.8. The Morgan fingerprint density at radius 3 is 2.58 bits per heavy atom. The number of thiophene rings is 1. The lowest BCUT2D eigenvalue weighted by atomic mass is 10.00. The molecule has 1 N–H and O–H groups in total. The summed E-state index contributed by atoms with van der Waals surface area (Å²) in [6.45, 7) is 4.33. The van der Waals surface area contributed by atoms with Crippen molar-refractivity contribution < 1.29 is 4.74 Å². The molecule has 19 heavy (non-hydrogen) atoms. The van der Waals surface area contributed by atoms with E-state index in [1.54, 1.807) is 7.11 Å². The van der Waals surface area contributed by atoms with Crippen LogP contribution < -0.4 is 10.1 Å². The van der Waals surface area contributed by atoms with Gasteiger partial charge in [0.25, 0.3) is 0 Å². The number of nitrogens with one attached hydrogen (secondary N) is 1. The standard InChI is InChI=1S/C16H21NOS/c1-5-13-7-9-15(19-13)16(17-3)14-8-6-12(18-4)10-11(14)2/h6-10,16-17H,5H2,1-4H3. The minimum absolute atomic E-state index is 0.260. The lowest BCUT2D eigenvalue weighted by Crippen LogP contribution is -2.17. The van der Waals surface area contributed by atoms with E-state index in [-0.39, 0.29) is 6.04 Å². The van der Waals surface area contributed by atoms with E-state index >= 15 is 0 Å². The van der Waals surface area contributed by atoms with Crippen LogP contribution in [0.3, 0.4) is 0 Å². The highest BCUT2D eigenvalue weighted by molar-refractivity contribution is 7.12. The molecule has 0 spiro atoms. The van der Waals surface area contributed by atoms with Crippen LogP contribution in [0.2, 0.25) is 0 Å². The van der Waals surface area contributed by atoms with Crippen molar-refractivity contribution in [3.63, 3.8) is 0 Å². The maximum atomic E-state index is 5.27. The Hall–Kier alpha value is -1.32. The van der Waals surface area contributed by atoms with Crippen molar-refractivity contribution in [1.82, 2.24) is 5.32 Å². The number of methoxy groups -OCH3 is 1. The molecule has 1 atom stereocenters. The van der Waals surface area contributed by atoms with Crippen LogP contribution in [-0.4, -0.2) is 14.2 Å². The molecule has 0 saturated carbocycles. The molecular weight excluding hydrogens is 254 g/mol. The maximum Gasteiger partial charge on any atom is 0.119 e. The first-order chi connectivity index (χ1) is 9.19. The van der Waals surface area contributed by atoms with Crippen molar-refractivity contribution in [2.75, 3.05) is 14.2 Å². The Bertz CT molecular complexity index is 547. The van der Waals surface area contributed by atoms with E-state index in [4.69, 9.17) is 4.74 Å². The third-order valence-electron chi connectivity index (χ3n) is 3.39. The third kappa shape index (κ3) is 2.99. The smallest absolute Gasteiger partial charge is 0.119 e. The fraction of sp³-hybridized carbons (Fsp3) is 0.375. The van der Waals surface area contributed by atoms with Crippen molar-refractivity contribution in [2.24, 2.45) is 0 Å². The number of aryl methyl sites for hydroxylation is 2. The molecule has 1 aromatic carbocycles. The summed E-state index contributed by atoms with van der Waals surface area (Å²) >= 11 is 1.89. The zero-order valence-electron chi connectivity index (χ0n) is 12.0. The maximum absolute atomic E-state index is 5.27. The summed E-state index contributed by atoms with van der Waals surface area (Å²) in [6.07, 6.45) is 1.10. The van der Waals surface area contributed by atoms with Gasteiger partial charge >= 0.3 is 0 Å². The molecule has 2 nitrogen and oxygen atoms in total. The van der Waals surface area contributed by atoms with Gasteiger partial charge in [-0.3, -0.25) is 0 Å². The van der Waals surface area contributed by atoms with Crippen molar-refractivity contribution in [2.45, 2.75) is 26.3 Å². The summed E-state index contributed by atoms with van der Waals surface area (Å²) < 4.78 is 5.27. The fourth-order valence-corrected chi connectivity index (χ4v) is 3.37. The molecule has 3 heteroatoms. The third-order valence-corrected chi connectivity index (χ3v) is 4.69. The van der Waals surface area contributed by atoms with Crippen molar-refractivity contribution in [3.8, 4) is 5.75 Å². The van der Waals surface area contributed by atoms with Crippen LogP contribution in [0.15, 0.2) is 30.3 Å². The van der Waals surface area contributed by atoms with E-state index in [1.807, 2.05) is 24.5 Å². The van der Waals surface area contributed by atoms with Crippen LogP contribution in [0, 0.1) is 6.92 Å². The highest BCUT2D eigenvalue weighted by Crippen LogP contribution is 2.31. The summed E-state index contributed by atoms with van der Waals surface area (Å²) in [5.41, 5.74) is 2.57. The van der Waals surface area contributed by atoms with E-state index in [1.165, 1.54) is 20.9 Å². The van der Waals surface area contributed by atoms with Gasteiger partial charge in [0, 0.05) is 9.75 Å². The normalized spacial score (nSPS) is 12.4. The Labute approximate surface area is 119 Å². The van der Waals surface area contributed by atoms with Crippen LogP contribution in [0.25, 0.3) is 0 Å². The molecule has 0 saturated heterocycles. The van der Waals surface area contributed by atoms with Gasteiger partial charge in [0.2, 0.25) is 0 Å². The monoisotopic (exact) mass is 275 g/mol. The number of hydrogen-bond donors (Lipinski definition) is 1. The van der Waals surface area contributed by atoms with Crippen molar-refractivity contribution in [1.29, 1.82) is 0 Å². The Morgan fingerprint density at radius 1 is 1.26 bits per heavy atom. The molecule has 0 bridgehead atoms. The number of hydrogen-bond acceptors (Lipinski definition) is 3. The SMILES string of the molecule is CCc1ccc(C(NC)c2ccc(OC)cc2C)s1. The zero-order chi connectivity index (χ0) is 13.8. The van der Waals surface area contributed by atoms with Gasteiger partial charge in [0.15, 0.2) is 0 Å². The molecular formula is C16H21NOS. The molecule has 1 unspecified atom stereocenters. The van der Waals surface area contributed by atoms with Gasteiger partial charge in [0.1, 0.15) is 5.75 Å². The summed E-state index contributed by atoms with van der Waals surface area (Å²) in [6, 6.07) is 11.0. The molecule has 1 aromatic heterocycles. The first-order valence-corrected chi connectivity index (χ1v) is 7.41. The molecule has 0 amide bonds. The predicted molar refractivity (Wildman–Crippen MR) is 82.3 cm³/mol. The first-order valence-electron chi connectivity index (χ1n) is 6.60. The van der Waals surface area contributed by atoms with Gasteiger partial charge < -0.3 is 10.1 Å². The Balaban J connectivity index is 2.36. The molecule has 0 aliphatic heterocycles. The molecule has 102 valence electrons. The van der Waals surface area contributed by atoms with Gasteiger partial charge in [-0.2, -0.15) is 0 Å². The van der Waals surface area contributed by atoms with Gasteiger partial charge in [0.05, 0.1) is 13.2 Å². The number of rotatable bonds is 5. The highest BCUT2D eigenvalue weighted by atomic mass is 32.1. The minimum Gasteiger partial charge on any atom is -0.497 e. The van der Waals surface area contributed by atoms with Crippen LogP contribution in [0.5, 0.6) is 5.75 Å². The van der Waals surface area contributed by atoms with Crippen LogP contribution in [-0.2, 0) is 6.42 Å². The molecule has 0 aliphatic carbocycles. The van der Waals surface area contributed by atoms with E-state index in [9.17, 15) is 0 Å². The number of ether oxygens (including phenoxy) is 1. The van der Waals surface area contributed by atoms with Gasteiger partial charge in [-0.15, -0.1) is 11.3 Å². The average molecular weight is 275 g/mol. The largest absolute Gasteiger partial charge is 0.497 e. The summed E-state index contributed by atoms with van der Waals surface area (Å²) in [7, 11) is 3.72. The average Bonchev–Trinajstić information content (AvgIpc) is 2.90. The second-order valence-corrected chi connectivity index (χ2v) is 5.80. The van der Waals surface area contributed by atoms with E-state index in [0.717, 1.165) is 12.2 Å². The molecule has 0 fully saturated rings. The van der Waals surface area contributed by atoms with E-state index < -0.39 is 0 Å².